The monoisotopic (exact) mass is 506 g/mol. The maximum absolute atomic E-state index is 8.63. The molecule has 4 aromatic rings. The summed E-state index contributed by atoms with van der Waals surface area (Å²) in [6, 6.07) is 38.2. The zero-order chi connectivity index (χ0) is 27.9. The van der Waals surface area contributed by atoms with Crippen molar-refractivity contribution in [2.24, 2.45) is 0 Å². The Labute approximate surface area is 229 Å². The van der Waals surface area contributed by atoms with Crippen LogP contribution in [0, 0.1) is 0 Å². The summed E-state index contributed by atoms with van der Waals surface area (Å²) in [5.41, 5.74) is 2.55. The molecule has 0 aliphatic rings. The van der Waals surface area contributed by atoms with E-state index in [9.17, 15) is 0 Å². The summed E-state index contributed by atoms with van der Waals surface area (Å²) in [6.45, 7) is 16.5. The molecular formula is C35H54O2. The lowest BCUT2D eigenvalue weighted by Gasteiger charge is -1.98. The Kier molecular flexibility index (Phi) is 38.1. The maximum atomic E-state index is 8.63. The Morgan fingerprint density at radius 3 is 0.676 bits per heavy atom. The minimum Gasteiger partial charge on any atom is -0.508 e. The number of aromatic hydroxyl groups is 2. The van der Waals surface area contributed by atoms with Crippen molar-refractivity contribution in [3.8, 4) is 22.6 Å². The SMILES string of the molecule is C.CC.CC.CCC.CCC.Oc1ccccc1.Oc1ccccc1.c1ccc(-c2ccccc2)cc1. The summed E-state index contributed by atoms with van der Waals surface area (Å²) in [6.07, 6.45) is 2.50. The molecule has 2 nitrogen and oxygen atoms in total. The smallest absolute Gasteiger partial charge is 0.115 e. The predicted molar refractivity (Wildman–Crippen MR) is 169 cm³/mol. The zero-order valence-electron chi connectivity index (χ0n) is 23.9. The van der Waals surface area contributed by atoms with Crippen LogP contribution in [0.1, 0.15) is 75.7 Å². The van der Waals surface area contributed by atoms with Crippen LogP contribution in [0.25, 0.3) is 11.1 Å². The highest BCUT2D eigenvalue weighted by Gasteiger charge is 1.91. The number of para-hydroxylation sites is 2. The van der Waals surface area contributed by atoms with E-state index >= 15 is 0 Å². The van der Waals surface area contributed by atoms with Gasteiger partial charge in [0, 0.05) is 0 Å². The molecule has 0 bridgehead atoms. The molecular weight excluding hydrogens is 452 g/mol. The number of phenolic OH excluding ortho intramolecular Hbond substituents is 2. The van der Waals surface area contributed by atoms with Crippen LogP contribution in [0.15, 0.2) is 121 Å². The molecule has 0 aliphatic carbocycles. The third-order valence-corrected chi connectivity index (χ3v) is 3.39. The second-order valence-corrected chi connectivity index (χ2v) is 6.82. The van der Waals surface area contributed by atoms with Gasteiger partial charge in [0.1, 0.15) is 11.5 Å². The van der Waals surface area contributed by atoms with Gasteiger partial charge in [-0.05, 0) is 35.4 Å². The van der Waals surface area contributed by atoms with Crippen molar-refractivity contribution in [1.82, 2.24) is 0 Å². The van der Waals surface area contributed by atoms with E-state index in [1.54, 1.807) is 48.5 Å². The molecule has 0 saturated carbocycles. The van der Waals surface area contributed by atoms with Gasteiger partial charge in [0.2, 0.25) is 0 Å². The Morgan fingerprint density at radius 1 is 0.378 bits per heavy atom. The molecule has 0 atom stereocenters. The van der Waals surface area contributed by atoms with Gasteiger partial charge in [-0.25, -0.2) is 0 Å². The van der Waals surface area contributed by atoms with Gasteiger partial charge in [0.15, 0.2) is 0 Å². The van der Waals surface area contributed by atoms with Gasteiger partial charge in [-0.3, -0.25) is 0 Å². The van der Waals surface area contributed by atoms with Crippen molar-refractivity contribution in [2.75, 3.05) is 0 Å². The molecule has 206 valence electrons. The van der Waals surface area contributed by atoms with E-state index in [-0.39, 0.29) is 7.43 Å². The molecule has 0 aromatic heterocycles. The van der Waals surface area contributed by atoms with Crippen LogP contribution in [-0.2, 0) is 0 Å². The number of benzene rings is 4. The van der Waals surface area contributed by atoms with Gasteiger partial charge in [-0.1, -0.05) is 173 Å². The first-order valence-electron chi connectivity index (χ1n) is 13.2. The molecule has 37 heavy (non-hydrogen) atoms. The first kappa shape index (κ1) is 40.6. The number of hydrogen-bond acceptors (Lipinski definition) is 2. The van der Waals surface area contributed by atoms with Crippen LogP contribution >= 0.6 is 0 Å². The molecule has 4 aromatic carbocycles. The molecule has 0 radical (unpaired) electrons. The van der Waals surface area contributed by atoms with Crippen molar-refractivity contribution in [1.29, 1.82) is 0 Å². The van der Waals surface area contributed by atoms with E-state index in [0.717, 1.165) is 0 Å². The van der Waals surface area contributed by atoms with Crippen LogP contribution in [0.2, 0.25) is 0 Å². The largest absolute Gasteiger partial charge is 0.508 e. The topological polar surface area (TPSA) is 40.5 Å². The van der Waals surface area contributed by atoms with E-state index in [0.29, 0.717) is 11.5 Å². The molecule has 0 amide bonds. The third kappa shape index (κ3) is 28.6. The molecule has 0 heterocycles. The normalized spacial score (nSPS) is 7.68. The number of hydrogen-bond donors (Lipinski definition) is 2. The van der Waals surface area contributed by atoms with E-state index < -0.39 is 0 Å². The summed E-state index contributed by atoms with van der Waals surface area (Å²) in [5, 5.41) is 17.3. The second-order valence-electron chi connectivity index (χ2n) is 6.82. The van der Waals surface area contributed by atoms with Crippen LogP contribution in [0.5, 0.6) is 11.5 Å². The minimum atomic E-state index is 0. The Balaban J connectivity index is -0.000000192. The molecule has 0 saturated heterocycles. The Bertz CT molecular complexity index is 785. The molecule has 4 rings (SSSR count). The quantitative estimate of drug-likeness (QED) is 0.269. The van der Waals surface area contributed by atoms with Crippen molar-refractivity contribution in [2.45, 2.75) is 75.7 Å². The highest BCUT2D eigenvalue weighted by molar-refractivity contribution is 5.62. The number of rotatable bonds is 1. The molecule has 0 spiro atoms. The molecule has 2 heteroatoms. The summed E-state index contributed by atoms with van der Waals surface area (Å²) >= 11 is 0. The minimum absolute atomic E-state index is 0. The van der Waals surface area contributed by atoms with Gasteiger partial charge in [0.05, 0.1) is 0 Å². The lowest BCUT2D eigenvalue weighted by Crippen LogP contribution is -1.73. The van der Waals surface area contributed by atoms with E-state index in [1.807, 2.05) is 52.0 Å². The summed E-state index contributed by atoms with van der Waals surface area (Å²) in [4.78, 5) is 0. The first-order chi connectivity index (χ1) is 17.6. The van der Waals surface area contributed by atoms with Crippen LogP contribution in [-0.4, -0.2) is 10.2 Å². The van der Waals surface area contributed by atoms with Gasteiger partial charge in [-0.15, -0.1) is 0 Å². The van der Waals surface area contributed by atoms with Gasteiger partial charge < -0.3 is 10.2 Å². The molecule has 2 N–H and O–H groups in total. The average molecular weight is 507 g/mol. The first-order valence-corrected chi connectivity index (χ1v) is 13.2. The molecule has 0 unspecified atom stereocenters. The Hall–Kier alpha value is -3.52. The van der Waals surface area contributed by atoms with E-state index in [1.165, 1.54) is 24.0 Å². The Morgan fingerprint density at radius 2 is 0.541 bits per heavy atom. The van der Waals surface area contributed by atoms with Crippen LogP contribution in [0.4, 0.5) is 0 Å². The highest BCUT2D eigenvalue weighted by Crippen LogP contribution is 2.17. The lowest BCUT2D eigenvalue weighted by atomic mass is 10.1. The van der Waals surface area contributed by atoms with Crippen LogP contribution in [0.3, 0.4) is 0 Å². The fourth-order valence-electron chi connectivity index (χ4n) is 2.12. The van der Waals surface area contributed by atoms with Crippen molar-refractivity contribution in [3.63, 3.8) is 0 Å². The van der Waals surface area contributed by atoms with Gasteiger partial charge >= 0.3 is 0 Å². The fraction of sp³-hybridized carbons (Fsp3) is 0.314. The summed E-state index contributed by atoms with van der Waals surface area (Å²) < 4.78 is 0. The third-order valence-electron chi connectivity index (χ3n) is 3.39. The molecule has 0 fully saturated rings. The average Bonchev–Trinajstić information content (AvgIpc) is 2.94. The lowest BCUT2D eigenvalue weighted by molar-refractivity contribution is 0.475. The zero-order valence-corrected chi connectivity index (χ0v) is 23.9. The molecule has 0 aliphatic heterocycles. The van der Waals surface area contributed by atoms with Gasteiger partial charge in [-0.2, -0.15) is 0 Å². The second kappa shape index (κ2) is 34.6. The van der Waals surface area contributed by atoms with Crippen molar-refractivity contribution < 1.29 is 10.2 Å². The van der Waals surface area contributed by atoms with Crippen molar-refractivity contribution >= 4 is 0 Å². The summed E-state index contributed by atoms with van der Waals surface area (Å²) in [7, 11) is 0. The fourth-order valence-corrected chi connectivity index (χ4v) is 2.12. The number of phenols is 2. The van der Waals surface area contributed by atoms with Crippen molar-refractivity contribution in [3.05, 3.63) is 121 Å². The van der Waals surface area contributed by atoms with Crippen LogP contribution < -0.4 is 0 Å². The van der Waals surface area contributed by atoms with Gasteiger partial charge in [0.25, 0.3) is 0 Å². The van der Waals surface area contributed by atoms with E-state index in [2.05, 4.69) is 76.2 Å². The maximum Gasteiger partial charge on any atom is 0.115 e. The predicted octanol–water partition coefficient (Wildman–Crippen LogP) is 11.7. The standard InChI is InChI=1S/C12H10.2C6H6O.2C3H8.2C2H6.CH4/c1-3-7-11(8-4-1)12-9-5-2-6-10-12;2*7-6-4-2-1-3-5-6;2*1-3-2;2*1-2;/h1-10H;2*1-5,7H;2*3H2,1-2H3;2*1-2H3;1H4. The van der Waals surface area contributed by atoms with E-state index in [4.69, 9.17) is 10.2 Å². The summed E-state index contributed by atoms with van der Waals surface area (Å²) in [5.74, 6) is 0.644. The highest BCUT2D eigenvalue weighted by atomic mass is 16.3.